The van der Waals surface area contributed by atoms with Crippen LogP contribution >= 0.6 is 0 Å². The minimum absolute atomic E-state index is 0.104. The molecule has 3 amide bonds. The zero-order valence-electron chi connectivity index (χ0n) is 25.9. The summed E-state index contributed by atoms with van der Waals surface area (Å²) in [6, 6.07) is 6.63. The van der Waals surface area contributed by atoms with Gasteiger partial charge in [-0.2, -0.15) is 0 Å². The number of likely N-dealkylation sites (tertiary alicyclic amines) is 1. The number of unbranched alkanes of at least 4 members (excludes halogenated alkanes) is 4. The van der Waals surface area contributed by atoms with Gasteiger partial charge in [-0.3, -0.25) is 14.4 Å². The molecular weight excluding hydrogens is 546 g/mol. The van der Waals surface area contributed by atoms with Crippen molar-refractivity contribution in [3.63, 3.8) is 0 Å². The number of benzene rings is 1. The Morgan fingerprint density at radius 2 is 1.60 bits per heavy atom. The Balaban J connectivity index is 1.54. The Bertz CT molecular complexity index is 1230. The second-order valence-corrected chi connectivity index (χ2v) is 12.1. The zero-order valence-corrected chi connectivity index (χ0v) is 25.9. The number of amides is 3. The van der Waals surface area contributed by atoms with Gasteiger partial charge in [0.15, 0.2) is 0 Å². The summed E-state index contributed by atoms with van der Waals surface area (Å²) in [5.41, 5.74) is -1.51. The van der Waals surface area contributed by atoms with E-state index in [-0.39, 0.29) is 24.3 Å². The van der Waals surface area contributed by atoms with Gasteiger partial charge in [0, 0.05) is 38.5 Å². The van der Waals surface area contributed by atoms with E-state index in [1.165, 1.54) is 0 Å². The van der Waals surface area contributed by atoms with Gasteiger partial charge in [-0.05, 0) is 56.9 Å². The Kier molecular flexibility index (Phi) is 9.61. The van der Waals surface area contributed by atoms with Gasteiger partial charge in [0.1, 0.15) is 17.4 Å². The highest BCUT2D eigenvalue weighted by Crippen LogP contribution is 2.58. The molecule has 1 unspecified atom stereocenters. The Morgan fingerprint density at radius 1 is 0.860 bits per heavy atom. The third kappa shape index (κ3) is 5.50. The third-order valence-electron chi connectivity index (χ3n) is 9.57. The first kappa shape index (κ1) is 31.3. The average Bonchev–Trinajstić information content (AvgIpc) is 3.30. The molecule has 0 bridgehead atoms. The molecule has 1 spiro atoms. The molecule has 4 aliphatic heterocycles. The van der Waals surface area contributed by atoms with E-state index in [0.29, 0.717) is 52.0 Å². The molecule has 43 heavy (non-hydrogen) atoms. The van der Waals surface area contributed by atoms with Gasteiger partial charge < -0.3 is 29.3 Å². The van der Waals surface area contributed by atoms with E-state index in [1.54, 1.807) is 9.80 Å². The standard InChI is InChI=1S/C34H47N3O6/c1-4-7-20-35-21-13-19-34-28(31(40)37(29(34)32(35)41)22-10-8-9-11-24-38)27-30(39)36(23-12-18-33(27,5-2)43-34)25-14-16-26(17-15-25)42-6-3/h12-19,27-29,38H,4-11,20-24H2,1-3H3/t27-,28-,29?,33+,34-/m0/s1. The van der Waals surface area contributed by atoms with E-state index in [4.69, 9.17) is 9.47 Å². The molecule has 4 heterocycles. The van der Waals surface area contributed by atoms with Gasteiger partial charge in [0.05, 0.1) is 24.0 Å². The lowest BCUT2D eigenvalue weighted by Crippen LogP contribution is -2.56. The number of nitrogens with zero attached hydrogens (tertiary/aromatic N) is 3. The molecule has 0 radical (unpaired) electrons. The summed E-state index contributed by atoms with van der Waals surface area (Å²) < 4.78 is 12.7. The van der Waals surface area contributed by atoms with E-state index >= 15 is 0 Å². The molecule has 5 rings (SSSR count). The highest BCUT2D eigenvalue weighted by atomic mass is 16.5. The number of fused-ring (bicyclic) bond motifs is 2. The number of hydrogen-bond acceptors (Lipinski definition) is 6. The van der Waals surface area contributed by atoms with E-state index < -0.39 is 29.1 Å². The van der Waals surface area contributed by atoms with Crippen LogP contribution in [0.1, 0.15) is 65.7 Å². The van der Waals surface area contributed by atoms with Gasteiger partial charge >= 0.3 is 0 Å². The molecule has 1 aromatic carbocycles. The van der Waals surface area contributed by atoms with Crippen LogP contribution < -0.4 is 9.64 Å². The quantitative estimate of drug-likeness (QED) is 0.273. The van der Waals surface area contributed by atoms with Crippen LogP contribution in [0.15, 0.2) is 48.6 Å². The maximum atomic E-state index is 14.6. The van der Waals surface area contributed by atoms with Crippen molar-refractivity contribution < 1.29 is 29.0 Å². The van der Waals surface area contributed by atoms with Gasteiger partial charge in [0.25, 0.3) is 0 Å². The summed E-state index contributed by atoms with van der Waals surface area (Å²) in [4.78, 5) is 48.8. The molecule has 0 aliphatic carbocycles. The van der Waals surface area contributed by atoms with Crippen molar-refractivity contribution in [2.75, 3.05) is 44.3 Å². The highest BCUT2D eigenvalue weighted by molar-refractivity contribution is 6.04. The summed E-state index contributed by atoms with van der Waals surface area (Å²) in [5.74, 6) is -1.32. The molecule has 4 aliphatic rings. The number of aliphatic hydroxyl groups excluding tert-OH is 1. The predicted octanol–water partition coefficient (Wildman–Crippen LogP) is 4.10. The van der Waals surface area contributed by atoms with Crippen LogP contribution in [0.5, 0.6) is 5.75 Å². The van der Waals surface area contributed by atoms with Crippen LogP contribution in [0, 0.1) is 11.8 Å². The SMILES string of the molecule is CCCCN1CC=C[C@]23O[C@]4(CC)C=CCN(c5ccc(OCC)cc5)C(=O)[C@@H]4[C@H]2C(=O)N(CCCCCCO)C3C1=O. The molecule has 5 atom stereocenters. The normalized spacial score (nSPS) is 29.9. The highest BCUT2D eigenvalue weighted by Gasteiger charge is 2.75. The second-order valence-electron chi connectivity index (χ2n) is 12.1. The molecule has 0 aromatic heterocycles. The smallest absolute Gasteiger partial charge is 0.249 e. The average molecular weight is 594 g/mol. The molecule has 1 N–H and O–H groups in total. The van der Waals surface area contributed by atoms with E-state index in [0.717, 1.165) is 37.1 Å². The predicted molar refractivity (Wildman–Crippen MR) is 165 cm³/mol. The first-order chi connectivity index (χ1) is 20.9. The molecule has 2 saturated heterocycles. The second kappa shape index (κ2) is 13.2. The van der Waals surface area contributed by atoms with Crippen molar-refractivity contribution in [2.24, 2.45) is 11.8 Å². The molecule has 234 valence electrons. The van der Waals surface area contributed by atoms with E-state index in [9.17, 15) is 19.5 Å². The Hall–Kier alpha value is -3.17. The van der Waals surface area contributed by atoms with E-state index in [2.05, 4.69) is 6.92 Å². The maximum Gasteiger partial charge on any atom is 0.249 e. The minimum Gasteiger partial charge on any atom is -0.494 e. The number of anilines is 1. The summed E-state index contributed by atoms with van der Waals surface area (Å²) in [7, 11) is 0. The molecule has 1 aromatic rings. The number of hydrogen-bond donors (Lipinski definition) is 1. The molecule has 9 heteroatoms. The van der Waals surface area contributed by atoms with Crippen molar-refractivity contribution in [1.82, 2.24) is 9.80 Å². The number of ether oxygens (including phenoxy) is 2. The van der Waals surface area contributed by atoms with Crippen molar-refractivity contribution in [3.8, 4) is 5.75 Å². The Labute approximate surface area is 255 Å². The van der Waals surface area contributed by atoms with Crippen LogP contribution in [0.2, 0.25) is 0 Å². The lowest BCUT2D eigenvalue weighted by Gasteiger charge is -2.38. The van der Waals surface area contributed by atoms with Gasteiger partial charge in [0.2, 0.25) is 17.7 Å². The van der Waals surface area contributed by atoms with Crippen LogP contribution in [0.4, 0.5) is 5.69 Å². The fraction of sp³-hybridized carbons (Fsp3) is 0.618. The van der Waals surface area contributed by atoms with Gasteiger partial charge in [-0.25, -0.2) is 0 Å². The lowest BCUT2D eigenvalue weighted by atomic mass is 9.73. The Morgan fingerprint density at radius 3 is 2.30 bits per heavy atom. The number of carbonyl (C=O) groups excluding carboxylic acids is 3. The number of aliphatic hydroxyl groups is 1. The zero-order chi connectivity index (χ0) is 30.6. The minimum atomic E-state index is -1.23. The molecular formula is C34H47N3O6. The third-order valence-corrected chi connectivity index (χ3v) is 9.57. The fourth-order valence-electron chi connectivity index (χ4n) is 7.47. The first-order valence-electron chi connectivity index (χ1n) is 16.2. The largest absolute Gasteiger partial charge is 0.494 e. The van der Waals surface area contributed by atoms with Crippen LogP contribution in [0.3, 0.4) is 0 Å². The van der Waals surface area contributed by atoms with Crippen molar-refractivity contribution >= 4 is 23.4 Å². The summed E-state index contributed by atoms with van der Waals surface area (Å²) in [6.45, 7) is 8.55. The van der Waals surface area contributed by atoms with Crippen LogP contribution in [-0.4, -0.2) is 89.3 Å². The van der Waals surface area contributed by atoms with Crippen LogP contribution in [0.25, 0.3) is 0 Å². The van der Waals surface area contributed by atoms with Crippen LogP contribution in [-0.2, 0) is 19.1 Å². The maximum absolute atomic E-state index is 14.6. The van der Waals surface area contributed by atoms with E-state index in [1.807, 2.05) is 67.3 Å². The van der Waals surface area contributed by atoms with Crippen molar-refractivity contribution in [2.45, 2.75) is 83.0 Å². The number of rotatable bonds is 13. The monoisotopic (exact) mass is 593 g/mol. The number of carbonyl (C=O) groups is 3. The lowest BCUT2D eigenvalue weighted by molar-refractivity contribution is -0.152. The van der Waals surface area contributed by atoms with Gasteiger partial charge in [-0.15, -0.1) is 0 Å². The topological polar surface area (TPSA) is 99.6 Å². The summed E-state index contributed by atoms with van der Waals surface area (Å²) in [5, 5.41) is 9.21. The fourth-order valence-corrected chi connectivity index (χ4v) is 7.47. The molecule has 2 fully saturated rings. The van der Waals surface area contributed by atoms with Crippen molar-refractivity contribution in [1.29, 1.82) is 0 Å². The summed E-state index contributed by atoms with van der Waals surface area (Å²) in [6.07, 6.45) is 13.3. The first-order valence-corrected chi connectivity index (χ1v) is 16.2. The van der Waals surface area contributed by atoms with Crippen molar-refractivity contribution in [3.05, 3.63) is 48.6 Å². The summed E-state index contributed by atoms with van der Waals surface area (Å²) >= 11 is 0. The van der Waals surface area contributed by atoms with Gasteiger partial charge in [-0.1, -0.05) is 57.4 Å². The molecule has 0 saturated carbocycles. The molecule has 9 nitrogen and oxygen atoms in total.